The minimum Gasteiger partial charge on any atom is -0.306 e. The summed E-state index contributed by atoms with van der Waals surface area (Å²) < 4.78 is 55.6. The number of aryl methyl sites for hydroxylation is 1. The van der Waals surface area contributed by atoms with Crippen LogP contribution in [0.3, 0.4) is 0 Å². The molecule has 0 aromatic heterocycles. The van der Waals surface area contributed by atoms with Crippen LogP contribution in [0.2, 0.25) is 0 Å². The summed E-state index contributed by atoms with van der Waals surface area (Å²) in [5, 5.41) is 2.81. The van der Waals surface area contributed by atoms with Gasteiger partial charge in [-0.1, -0.05) is 25.1 Å². The third kappa shape index (κ3) is 2.93. The van der Waals surface area contributed by atoms with Crippen molar-refractivity contribution < 1.29 is 17.6 Å². The summed E-state index contributed by atoms with van der Waals surface area (Å²) in [5.74, 6) is -3.72. The van der Waals surface area contributed by atoms with Crippen molar-refractivity contribution in [2.75, 3.05) is 6.54 Å². The fourth-order valence-electron chi connectivity index (χ4n) is 2.26. The van der Waals surface area contributed by atoms with Crippen molar-refractivity contribution in [3.63, 3.8) is 0 Å². The summed E-state index contributed by atoms with van der Waals surface area (Å²) in [4.78, 5) is 0. The molecule has 0 spiro atoms. The monoisotopic (exact) mass is 297 g/mol. The lowest BCUT2D eigenvalue weighted by Crippen LogP contribution is -2.25. The van der Waals surface area contributed by atoms with Gasteiger partial charge in [0.25, 0.3) is 0 Å². The number of hydrogen-bond acceptors (Lipinski definition) is 1. The van der Waals surface area contributed by atoms with Crippen LogP contribution in [0, 0.1) is 30.2 Å². The predicted octanol–water partition coefficient (Wildman–Crippen LogP) is 4.25. The molecule has 1 atom stereocenters. The second-order valence-corrected chi connectivity index (χ2v) is 4.73. The Balaban J connectivity index is 2.65. The van der Waals surface area contributed by atoms with Gasteiger partial charge in [-0.25, -0.2) is 17.6 Å². The fraction of sp³-hybridized carbons (Fsp3) is 0.250. The molecule has 0 aliphatic rings. The maximum Gasteiger partial charge on any atom is 0.163 e. The highest BCUT2D eigenvalue weighted by molar-refractivity contribution is 5.37. The Kier molecular flexibility index (Phi) is 4.63. The Hall–Kier alpha value is -1.88. The van der Waals surface area contributed by atoms with Gasteiger partial charge in [0.05, 0.1) is 6.04 Å². The smallest absolute Gasteiger partial charge is 0.163 e. The van der Waals surface area contributed by atoms with Crippen molar-refractivity contribution in [3.05, 3.63) is 70.3 Å². The summed E-state index contributed by atoms with van der Waals surface area (Å²) in [6.07, 6.45) is 0. The van der Waals surface area contributed by atoms with Crippen LogP contribution in [0.15, 0.2) is 30.3 Å². The van der Waals surface area contributed by atoms with E-state index in [9.17, 15) is 17.6 Å². The molecule has 1 N–H and O–H groups in total. The van der Waals surface area contributed by atoms with E-state index in [1.54, 1.807) is 6.92 Å². The summed E-state index contributed by atoms with van der Waals surface area (Å²) in [6, 6.07) is 4.92. The van der Waals surface area contributed by atoms with Gasteiger partial charge in [0.15, 0.2) is 11.6 Å². The Morgan fingerprint density at radius 3 is 2.33 bits per heavy atom. The number of nitrogens with one attached hydrogen (secondary N) is 1. The largest absolute Gasteiger partial charge is 0.306 e. The fourth-order valence-corrected chi connectivity index (χ4v) is 2.26. The van der Waals surface area contributed by atoms with Crippen LogP contribution in [0.25, 0.3) is 0 Å². The maximum absolute atomic E-state index is 14.3. The molecule has 5 heteroatoms. The standard InChI is InChI=1S/C16H15F4N/c1-3-21-16(10-5-4-6-12(18)15(10)20)13-11(17)8-7-9(2)14(13)19/h4-8,16,21H,3H2,1-2H3. The predicted molar refractivity (Wildman–Crippen MR) is 73.0 cm³/mol. The van der Waals surface area contributed by atoms with E-state index in [1.807, 2.05) is 0 Å². The molecule has 2 rings (SSSR count). The van der Waals surface area contributed by atoms with Gasteiger partial charge in [0.2, 0.25) is 0 Å². The summed E-state index contributed by atoms with van der Waals surface area (Å²) in [6.45, 7) is 3.55. The lowest BCUT2D eigenvalue weighted by Gasteiger charge is -2.21. The first-order chi connectivity index (χ1) is 9.97. The van der Waals surface area contributed by atoms with Gasteiger partial charge < -0.3 is 5.32 Å². The molecule has 0 amide bonds. The molecule has 0 saturated heterocycles. The van der Waals surface area contributed by atoms with Gasteiger partial charge in [-0.05, 0) is 31.2 Å². The molecule has 0 saturated carbocycles. The quantitative estimate of drug-likeness (QED) is 0.832. The molecule has 1 unspecified atom stereocenters. The van der Waals surface area contributed by atoms with Crippen molar-refractivity contribution in [2.45, 2.75) is 19.9 Å². The van der Waals surface area contributed by atoms with Crippen molar-refractivity contribution in [3.8, 4) is 0 Å². The first-order valence-electron chi connectivity index (χ1n) is 6.59. The molecule has 1 nitrogen and oxygen atoms in total. The van der Waals surface area contributed by atoms with Crippen molar-refractivity contribution >= 4 is 0 Å². The highest BCUT2D eigenvalue weighted by atomic mass is 19.2. The molecule has 0 heterocycles. The van der Waals surface area contributed by atoms with Gasteiger partial charge in [0.1, 0.15) is 11.6 Å². The van der Waals surface area contributed by atoms with Crippen LogP contribution >= 0.6 is 0 Å². The second kappa shape index (κ2) is 6.26. The Morgan fingerprint density at radius 1 is 0.952 bits per heavy atom. The van der Waals surface area contributed by atoms with Crippen molar-refractivity contribution in [2.24, 2.45) is 0 Å². The summed E-state index contributed by atoms with van der Waals surface area (Å²) in [7, 11) is 0. The second-order valence-electron chi connectivity index (χ2n) is 4.73. The topological polar surface area (TPSA) is 12.0 Å². The minimum absolute atomic E-state index is 0.125. The van der Waals surface area contributed by atoms with Crippen LogP contribution in [-0.4, -0.2) is 6.54 Å². The molecule has 112 valence electrons. The van der Waals surface area contributed by atoms with Crippen LogP contribution in [0.5, 0.6) is 0 Å². The SMILES string of the molecule is CCNC(c1cccc(F)c1F)c1c(F)ccc(C)c1F. The van der Waals surface area contributed by atoms with Crippen LogP contribution in [0.4, 0.5) is 17.6 Å². The van der Waals surface area contributed by atoms with Crippen LogP contribution in [0.1, 0.15) is 29.7 Å². The maximum atomic E-state index is 14.3. The van der Waals surface area contributed by atoms with Crippen LogP contribution < -0.4 is 5.32 Å². The first-order valence-corrected chi connectivity index (χ1v) is 6.59. The van der Waals surface area contributed by atoms with E-state index in [4.69, 9.17) is 0 Å². The molecular weight excluding hydrogens is 282 g/mol. The van der Waals surface area contributed by atoms with E-state index in [0.29, 0.717) is 6.54 Å². The minimum atomic E-state index is -1.11. The van der Waals surface area contributed by atoms with Gasteiger partial charge in [-0.2, -0.15) is 0 Å². The highest BCUT2D eigenvalue weighted by Crippen LogP contribution is 2.30. The van der Waals surface area contributed by atoms with Crippen molar-refractivity contribution in [1.29, 1.82) is 0 Å². The average Bonchev–Trinajstić information content (AvgIpc) is 2.45. The van der Waals surface area contributed by atoms with Gasteiger partial charge in [-0.15, -0.1) is 0 Å². The van der Waals surface area contributed by atoms with Gasteiger partial charge in [-0.3, -0.25) is 0 Å². The molecule has 2 aromatic carbocycles. The van der Waals surface area contributed by atoms with E-state index >= 15 is 0 Å². The lowest BCUT2D eigenvalue weighted by molar-refractivity contribution is 0.464. The highest BCUT2D eigenvalue weighted by Gasteiger charge is 2.26. The zero-order valence-corrected chi connectivity index (χ0v) is 11.7. The third-order valence-electron chi connectivity index (χ3n) is 3.31. The summed E-state index contributed by atoms with van der Waals surface area (Å²) >= 11 is 0. The molecular formula is C16H15F4N. The normalized spacial score (nSPS) is 12.5. The number of rotatable bonds is 4. The van der Waals surface area contributed by atoms with E-state index < -0.39 is 29.3 Å². The molecule has 0 bridgehead atoms. The molecule has 0 aliphatic heterocycles. The van der Waals surface area contributed by atoms with Crippen molar-refractivity contribution in [1.82, 2.24) is 5.32 Å². The van der Waals surface area contributed by atoms with Gasteiger partial charge in [0, 0.05) is 11.1 Å². The van der Waals surface area contributed by atoms with Gasteiger partial charge >= 0.3 is 0 Å². The Morgan fingerprint density at radius 2 is 1.67 bits per heavy atom. The zero-order valence-electron chi connectivity index (χ0n) is 11.7. The number of halogens is 4. The van der Waals surface area contributed by atoms with E-state index in [-0.39, 0.29) is 16.7 Å². The number of benzene rings is 2. The first kappa shape index (κ1) is 15.5. The molecule has 0 aliphatic carbocycles. The Labute approximate surface area is 120 Å². The third-order valence-corrected chi connectivity index (χ3v) is 3.31. The molecule has 21 heavy (non-hydrogen) atoms. The van der Waals surface area contributed by atoms with E-state index in [1.165, 1.54) is 25.1 Å². The molecule has 0 fully saturated rings. The Bertz CT molecular complexity index is 655. The van der Waals surface area contributed by atoms with E-state index in [0.717, 1.165) is 12.1 Å². The lowest BCUT2D eigenvalue weighted by atomic mass is 9.95. The molecule has 0 radical (unpaired) electrons. The average molecular weight is 297 g/mol. The zero-order chi connectivity index (χ0) is 15.6. The molecule has 2 aromatic rings. The summed E-state index contributed by atoms with van der Waals surface area (Å²) in [5.41, 5.74) is -0.187. The number of hydrogen-bond donors (Lipinski definition) is 1. The van der Waals surface area contributed by atoms with Crippen LogP contribution in [-0.2, 0) is 0 Å². The van der Waals surface area contributed by atoms with E-state index in [2.05, 4.69) is 5.32 Å².